The van der Waals surface area contributed by atoms with Crippen LogP contribution in [0.15, 0.2) is 30.3 Å². The largest absolute Gasteiger partial charge is 0.481 e. The topological polar surface area (TPSA) is 63.6 Å². The number of aliphatic carboxylic acids is 1. The highest BCUT2D eigenvalue weighted by atomic mass is 16.5. The van der Waals surface area contributed by atoms with Crippen LogP contribution < -0.4 is 0 Å². The minimum absolute atomic E-state index is 0.000988. The maximum Gasteiger partial charge on any atom is 0.330 e. The van der Waals surface area contributed by atoms with Crippen LogP contribution >= 0.6 is 0 Å². The van der Waals surface area contributed by atoms with Crippen LogP contribution in [0.2, 0.25) is 0 Å². The average Bonchev–Trinajstić information content (AvgIpc) is 2.27. The highest BCUT2D eigenvalue weighted by Gasteiger charge is 1.99. The highest BCUT2D eigenvalue weighted by Crippen LogP contribution is 2.07. The van der Waals surface area contributed by atoms with E-state index >= 15 is 0 Å². The van der Waals surface area contributed by atoms with E-state index in [1.165, 1.54) is 13.2 Å². The lowest BCUT2D eigenvalue weighted by atomic mass is 10.1. The monoisotopic (exact) mass is 220 g/mol. The van der Waals surface area contributed by atoms with Gasteiger partial charge in [0.2, 0.25) is 0 Å². The van der Waals surface area contributed by atoms with E-state index < -0.39 is 11.9 Å². The molecule has 1 N–H and O–H groups in total. The van der Waals surface area contributed by atoms with Crippen molar-refractivity contribution in [1.29, 1.82) is 0 Å². The number of benzene rings is 1. The molecule has 0 aliphatic heterocycles. The van der Waals surface area contributed by atoms with E-state index in [0.717, 1.165) is 11.1 Å². The number of carboxylic acid groups (broad SMARTS) is 1. The Morgan fingerprint density at radius 1 is 1.31 bits per heavy atom. The van der Waals surface area contributed by atoms with Gasteiger partial charge in [-0.05, 0) is 17.2 Å². The first kappa shape index (κ1) is 12.0. The average molecular weight is 220 g/mol. The fourth-order valence-corrected chi connectivity index (χ4v) is 1.15. The predicted molar refractivity (Wildman–Crippen MR) is 58.8 cm³/mol. The molecule has 4 heteroatoms. The molecule has 0 aliphatic rings. The molecule has 0 unspecified atom stereocenters. The number of carbonyl (C=O) groups excluding carboxylic acids is 1. The highest BCUT2D eigenvalue weighted by molar-refractivity contribution is 5.86. The van der Waals surface area contributed by atoms with Gasteiger partial charge in [0.25, 0.3) is 0 Å². The molecule has 0 saturated carbocycles. The number of ether oxygens (including phenoxy) is 1. The van der Waals surface area contributed by atoms with Gasteiger partial charge in [-0.3, -0.25) is 4.79 Å². The number of carboxylic acids is 1. The Hall–Kier alpha value is -2.10. The number of hydrogen-bond donors (Lipinski definition) is 1. The fraction of sp³-hybridized carbons (Fsp3) is 0.167. The van der Waals surface area contributed by atoms with Crippen molar-refractivity contribution >= 4 is 18.0 Å². The third-order valence-electron chi connectivity index (χ3n) is 1.95. The van der Waals surface area contributed by atoms with Crippen LogP contribution in [0.5, 0.6) is 0 Å². The first-order valence-electron chi connectivity index (χ1n) is 4.68. The molecule has 1 rings (SSSR count). The Labute approximate surface area is 93.2 Å². The summed E-state index contributed by atoms with van der Waals surface area (Å²) >= 11 is 0. The third kappa shape index (κ3) is 3.96. The number of carbonyl (C=O) groups is 2. The van der Waals surface area contributed by atoms with E-state index in [4.69, 9.17) is 5.11 Å². The molecule has 1 aromatic rings. The maximum absolute atomic E-state index is 10.8. The number of methoxy groups -OCH3 is 1. The molecule has 0 spiro atoms. The molecule has 0 saturated heterocycles. The molecule has 0 aromatic heterocycles. The van der Waals surface area contributed by atoms with Gasteiger partial charge < -0.3 is 9.84 Å². The van der Waals surface area contributed by atoms with Crippen molar-refractivity contribution < 1.29 is 19.4 Å². The second-order valence-corrected chi connectivity index (χ2v) is 3.17. The normalized spacial score (nSPS) is 10.3. The molecular formula is C12H12O4. The predicted octanol–water partition coefficient (Wildman–Crippen LogP) is 1.50. The van der Waals surface area contributed by atoms with Crippen molar-refractivity contribution in [2.75, 3.05) is 7.11 Å². The molecule has 0 radical (unpaired) electrons. The number of rotatable bonds is 4. The molecule has 0 atom stereocenters. The van der Waals surface area contributed by atoms with Crippen molar-refractivity contribution in [2.24, 2.45) is 0 Å². The van der Waals surface area contributed by atoms with Crippen molar-refractivity contribution in [3.8, 4) is 0 Å². The molecule has 84 valence electrons. The quantitative estimate of drug-likeness (QED) is 0.617. The minimum atomic E-state index is -0.863. The van der Waals surface area contributed by atoms with Gasteiger partial charge in [-0.15, -0.1) is 0 Å². The summed E-state index contributed by atoms with van der Waals surface area (Å²) in [6.07, 6.45) is 2.92. The van der Waals surface area contributed by atoms with Crippen molar-refractivity contribution in [1.82, 2.24) is 0 Å². The van der Waals surface area contributed by atoms with Gasteiger partial charge in [-0.25, -0.2) is 4.79 Å². The third-order valence-corrected chi connectivity index (χ3v) is 1.95. The van der Waals surface area contributed by atoms with Gasteiger partial charge in [-0.1, -0.05) is 24.3 Å². The van der Waals surface area contributed by atoms with Gasteiger partial charge in [0, 0.05) is 6.08 Å². The maximum atomic E-state index is 10.8. The lowest BCUT2D eigenvalue weighted by molar-refractivity contribution is -0.136. The molecule has 0 fully saturated rings. The van der Waals surface area contributed by atoms with Crippen LogP contribution in [-0.4, -0.2) is 24.2 Å². The Kier molecular flexibility index (Phi) is 4.27. The molecule has 0 amide bonds. The minimum Gasteiger partial charge on any atom is -0.481 e. The Balaban J connectivity index is 2.68. The van der Waals surface area contributed by atoms with Crippen LogP contribution in [0.4, 0.5) is 0 Å². The van der Waals surface area contributed by atoms with Gasteiger partial charge in [-0.2, -0.15) is 0 Å². The number of esters is 1. The van der Waals surface area contributed by atoms with E-state index in [-0.39, 0.29) is 6.42 Å². The summed E-state index contributed by atoms with van der Waals surface area (Å²) in [5.74, 6) is -1.28. The lowest BCUT2D eigenvalue weighted by Crippen LogP contribution is -1.99. The summed E-state index contributed by atoms with van der Waals surface area (Å²) in [6.45, 7) is 0. The van der Waals surface area contributed by atoms with Crippen LogP contribution in [0, 0.1) is 0 Å². The molecular weight excluding hydrogens is 208 g/mol. The Morgan fingerprint density at radius 2 is 1.94 bits per heavy atom. The Morgan fingerprint density at radius 3 is 2.44 bits per heavy atom. The summed E-state index contributed by atoms with van der Waals surface area (Å²) in [6, 6.07) is 6.92. The summed E-state index contributed by atoms with van der Waals surface area (Å²) < 4.78 is 4.44. The molecule has 0 heterocycles. The number of hydrogen-bond acceptors (Lipinski definition) is 3. The molecule has 16 heavy (non-hydrogen) atoms. The van der Waals surface area contributed by atoms with E-state index in [2.05, 4.69) is 4.74 Å². The van der Waals surface area contributed by atoms with Gasteiger partial charge in [0.05, 0.1) is 13.5 Å². The van der Waals surface area contributed by atoms with Crippen molar-refractivity contribution in [2.45, 2.75) is 6.42 Å². The summed E-state index contributed by atoms with van der Waals surface area (Å²) in [5.41, 5.74) is 1.54. The van der Waals surface area contributed by atoms with Gasteiger partial charge in [0.1, 0.15) is 0 Å². The van der Waals surface area contributed by atoms with E-state index in [9.17, 15) is 9.59 Å². The second-order valence-electron chi connectivity index (χ2n) is 3.17. The standard InChI is InChI=1S/C12H12O4/c1-16-12(15)7-6-9-2-4-10(5-3-9)8-11(13)14/h2-7H,8H2,1H3,(H,13,14)/b7-6-. The van der Waals surface area contributed by atoms with E-state index in [1.54, 1.807) is 30.3 Å². The van der Waals surface area contributed by atoms with Crippen LogP contribution in [-0.2, 0) is 20.7 Å². The van der Waals surface area contributed by atoms with Gasteiger partial charge >= 0.3 is 11.9 Å². The molecule has 0 bridgehead atoms. The van der Waals surface area contributed by atoms with Gasteiger partial charge in [0.15, 0.2) is 0 Å². The first-order chi connectivity index (χ1) is 7.61. The van der Waals surface area contributed by atoms with Crippen LogP contribution in [0.3, 0.4) is 0 Å². The smallest absolute Gasteiger partial charge is 0.330 e. The molecule has 4 nitrogen and oxygen atoms in total. The van der Waals surface area contributed by atoms with Crippen molar-refractivity contribution in [3.05, 3.63) is 41.5 Å². The molecule has 1 aromatic carbocycles. The molecule has 0 aliphatic carbocycles. The van der Waals surface area contributed by atoms with E-state index in [1.807, 2.05) is 0 Å². The lowest BCUT2D eigenvalue weighted by Gasteiger charge is -1.97. The summed E-state index contributed by atoms with van der Waals surface area (Å²) in [4.78, 5) is 21.2. The summed E-state index contributed by atoms with van der Waals surface area (Å²) in [7, 11) is 1.31. The SMILES string of the molecule is COC(=O)/C=C\c1ccc(CC(=O)O)cc1. The van der Waals surface area contributed by atoms with Crippen LogP contribution in [0.25, 0.3) is 6.08 Å². The zero-order valence-corrected chi connectivity index (χ0v) is 8.84. The van der Waals surface area contributed by atoms with Crippen LogP contribution in [0.1, 0.15) is 11.1 Å². The summed E-state index contributed by atoms with van der Waals surface area (Å²) in [5, 5.41) is 8.57. The van der Waals surface area contributed by atoms with E-state index in [0.29, 0.717) is 0 Å². The Bertz CT molecular complexity index is 404. The zero-order valence-electron chi connectivity index (χ0n) is 8.84. The first-order valence-corrected chi connectivity index (χ1v) is 4.68. The van der Waals surface area contributed by atoms with Crippen molar-refractivity contribution in [3.63, 3.8) is 0 Å². The second kappa shape index (κ2) is 5.70. The zero-order chi connectivity index (χ0) is 12.0. The fourth-order valence-electron chi connectivity index (χ4n) is 1.15.